The Labute approximate surface area is 146 Å². The third-order valence-electron chi connectivity index (χ3n) is 3.75. The van der Waals surface area contributed by atoms with Gasteiger partial charge in [-0.1, -0.05) is 6.07 Å². The van der Waals surface area contributed by atoms with E-state index in [1.54, 1.807) is 0 Å². The fraction of sp³-hybridized carbons (Fsp3) is 0.533. The van der Waals surface area contributed by atoms with Gasteiger partial charge in [0.1, 0.15) is 57.8 Å². The fourth-order valence-electron chi connectivity index (χ4n) is 2.44. The van der Waals surface area contributed by atoms with Gasteiger partial charge in [0.05, 0.1) is 6.61 Å². The highest BCUT2D eigenvalue weighted by Gasteiger charge is 2.45. The molecule has 130 valence electrons. The smallest absolute Gasteiger partial charge is 0.229 e. The number of Topliss-reactive ketones (excluding diaryl/α,β-unsaturated/α-hetero) is 1. The SMILES string of the molecule is O=C(C[CH2][Al])c1c(O)cccc1OC1OC(CO)C(O)C(O)C1O. The molecule has 8 nitrogen and oxygen atoms in total. The minimum Gasteiger partial charge on any atom is -0.507 e. The van der Waals surface area contributed by atoms with Gasteiger partial charge in [-0.05, 0) is 18.6 Å². The maximum Gasteiger partial charge on any atom is 0.229 e. The first-order valence-electron chi connectivity index (χ1n) is 7.43. The Morgan fingerprint density at radius 1 is 1.21 bits per heavy atom. The largest absolute Gasteiger partial charge is 0.507 e. The van der Waals surface area contributed by atoms with Crippen molar-refractivity contribution in [1.82, 2.24) is 0 Å². The van der Waals surface area contributed by atoms with Crippen LogP contribution in [-0.4, -0.2) is 84.9 Å². The molecule has 5 unspecified atom stereocenters. The molecule has 0 aromatic heterocycles. The summed E-state index contributed by atoms with van der Waals surface area (Å²) >= 11 is 2.40. The molecule has 0 bridgehead atoms. The second kappa shape index (κ2) is 8.27. The van der Waals surface area contributed by atoms with E-state index in [4.69, 9.17) is 9.47 Å². The number of carbonyl (C=O) groups is 1. The van der Waals surface area contributed by atoms with E-state index in [0.29, 0.717) is 5.28 Å². The van der Waals surface area contributed by atoms with Gasteiger partial charge in [-0.15, -0.1) is 5.28 Å². The summed E-state index contributed by atoms with van der Waals surface area (Å²) in [4.78, 5) is 12.2. The molecule has 1 saturated heterocycles. The number of aliphatic hydroxyl groups excluding tert-OH is 4. The number of phenols is 1. The van der Waals surface area contributed by atoms with Crippen LogP contribution in [0.4, 0.5) is 0 Å². The number of rotatable bonds is 6. The van der Waals surface area contributed by atoms with Crippen LogP contribution < -0.4 is 4.74 Å². The summed E-state index contributed by atoms with van der Waals surface area (Å²) in [7, 11) is 0. The van der Waals surface area contributed by atoms with E-state index in [0.717, 1.165) is 0 Å². The van der Waals surface area contributed by atoms with Crippen molar-refractivity contribution in [2.24, 2.45) is 0 Å². The van der Waals surface area contributed by atoms with Crippen LogP contribution in [0.1, 0.15) is 16.8 Å². The van der Waals surface area contributed by atoms with Crippen molar-refractivity contribution < 1.29 is 39.8 Å². The van der Waals surface area contributed by atoms with Crippen molar-refractivity contribution in [2.75, 3.05) is 6.61 Å². The molecule has 1 aliphatic rings. The van der Waals surface area contributed by atoms with Crippen LogP contribution in [0, 0.1) is 0 Å². The highest BCUT2D eigenvalue weighted by molar-refractivity contribution is 6.12. The molecule has 5 atom stereocenters. The molecule has 24 heavy (non-hydrogen) atoms. The number of ketones is 1. The normalized spacial score (nSPS) is 30.1. The Morgan fingerprint density at radius 2 is 1.92 bits per heavy atom. The maximum absolute atomic E-state index is 12.2. The molecule has 0 saturated carbocycles. The Hall–Kier alpha value is -1.18. The van der Waals surface area contributed by atoms with E-state index in [-0.39, 0.29) is 29.3 Å². The van der Waals surface area contributed by atoms with Crippen LogP contribution in [0.25, 0.3) is 0 Å². The zero-order valence-corrected chi connectivity index (χ0v) is 13.9. The predicted octanol–water partition coefficient (Wildman–Crippen LogP) is -1.27. The summed E-state index contributed by atoms with van der Waals surface area (Å²) in [6, 6.07) is 4.19. The molecule has 1 fully saturated rings. The molecule has 1 aliphatic heterocycles. The molecule has 2 radical (unpaired) electrons. The Kier molecular flexibility index (Phi) is 6.60. The molecular weight excluding hydrogens is 335 g/mol. The van der Waals surface area contributed by atoms with Gasteiger partial charge in [0.25, 0.3) is 0 Å². The Bertz CT molecular complexity index is 579. The first-order chi connectivity index (χ1) is 11.4. The summed E-state index contributed by atoms with van der Waals surface area (Å²) in [5, 5.41) is 49.1. The van der Waals surface area contributed by atoms with Gasteiger partial charge < -0.3 is 35.0 Å². The zero-order valence-electron chi connectivity index (χ0n) is 12.8. The van der Waals surface area contributed by atoms with Crippen molar-refractivity contribution in [3.05, 3.63) is 23.8 Å². The number of ether oxygens (including phenoxy) is 2. The minimum atomic E-state index is -1.60. The quantitative estimate of drug-likeness (QED) is 0.315. The van der Waals surface area contributed by atoms with Crippen LogP contribution in [0.15, 0.2) is 18.2 Å². The lowest BCUT2D eigenvalue weighted by atomic mass is 9.99. The maximum atomic E-state index is 12.2. The molecule has 0 amide bonds. The molecule has 5 N–H and O–H groups in total. The number of hydrogen-bond acceptors (Lipinski definition) is 8. The van der Waals surface area contributed by atoms with E-state index in [1.807, 2.05) is 0 Å². The first kappa shape index (κ1) is 19.2. The van der Waals surface area contributed by atoms with Crippen molar-refractivity contribution in [3.8, 4) is 11.5 Å². The number of carbonyl (C=O) groups excluding carboxylic acids is 1. The molecule has 2 rings (SSSR count). The molecule has 1 heterocycles. The van der Waals surface area contributed by atoms with Crippen LogP contribution >= 0.6 is 0 Å². The van der Waals surface area contributed by atoms with Crippen LogP contribution in [0.3, 0.4) is 0 Å². The third kappa shape index (κ3) is 3.90. The zero-order chi connectivity index (χ0) is 17.9. The highest BCUT2D eigenvalue weighted by atomic mass is 27.0. The van der Waals surface area contributed by atoms with Crippen molar-refractivity contribution >= 4 is 22.1 Å². The molecule has 0 aliphatic carbocycles. The number of benzene rings is 1. The van der Waals surface area contributed by atoms with Crippen LogP contribution in [0.2, 0.25) is 5.28 Å². The molecule has 1 aromatic rings. The van der Waals surface area contributed by atoms with E-state index in [1.165, 1.54) is 18.2 Å². The van der Waals surface area contributed by atoms with Crippen molar-refractivity contribution in [2.45, 2.75) is 42.4 Å². The second-order valence-electron chi connectivity index (χ2n) is 5.43. The second-order valence-corrected chi connectivity index (χ2v) is 6.00. The highest BCUT2D eigenvalue weighted by Crippen LogP contribution is 2.32. The minimum absolute atomic E-state index is 0.0252. The average molecular weight is 354 g/mol. The van der Waals surface area contributed by atoms with Crippen molar-refractivity contribution in [1.29, 1.82) is 0 Å². The van der Waals surface area contributed by atoms with E-state index in [2.05, 4.69) is 16.3 Å². The number of phenolic OH excluding ortho intramolecular Hbond substituents is 1. The molecule has 1 aromatic carbocycles. The third-order valence-corrected chi connectivity index (χ3v) is 4.03. The molecular formula is C15H19AlO8. The number of hydrogen-bond donors (Lipinski definition) is 5. The van der Waals surface area contributed by atoms with E-state index >= 15 is 0 Å². The van der Waals surface area contributed by atoms with Gasteiger partial charge in [-0.25, -0.2) is 0 Å². The molecule has 0 spiro atoms. The lowest BCUT2D eigenvalue weighted by molar-refractivity contribution is -0.277. The number of aliphatic hydroxyl groups is 4. The lowest BCUT2D eigenvalue weighted by Gasteiger charge is -2.39. The predicted molar refractivity (Wildman–Crippen MR) is 82.0 cm³/mol. The fourth-order valence-corrected chi connectivity index (χ4v) is 2.71. The summed E-state index contributed by atoms with van der Waals surface area (Å²) < 4.78 is 10.7. The Balaban J connectivity index is 2.27. The van der Waals surface area contributed by atoms with E-state index in [9.17, 15) is 30.3 Å². The van der Waals surface area contributed by atoms with Gasteiger partial charge in [0.2, 0.25) is 6.29 Å². The van der Waals surface area contributed by atoms with Gasteiger partial charge in [-0.3, -0.25) is 4.79 Å². The van der Waals surface area contributed by atoms with Crippen LogP contribution in [0.5, 0.6) is 11.5 Å². The van der Waals surface area contributed by atoms with Gasteiger partial charge in [-0.2, -0.15) is 0 Å². The van der Waals surface area contributed by atoms with Gasteiger partial charge in [0.15, 0.2) is 5.78 Å². The number of aromatic hydroxyl groups is 1. The topological polar surface area (TPSA) is 137 Å². The Morgan fingerprint density at radius 3 is 2.54 bits per heavy atom. The lowest BCUT2D eigenvalue weighted by Crippen LogP contribution is -2.60. The van der Waals surface area contributed by atoms with Gasteiger partial charge in [0, 0.05) is 0 Å². The first-order valence-corrected chi connectivity index (χ1v) is 8.24. The van der Waals surface area contributed by atoms with E-state index < -0.39 is 37.3 Å². The summed E-state index contributed by atoms with van der Waals surface area (Å²) in [6.45, 7) is -0.594. The standard InChI is InChI=1S/C15H19O8.Al/c1-2-7(17)11-8(18)4-3-5-9(11)22-15-14(21)13(20)12(19)10(6-16)23-15;/h3-5,10,12-16,18-21H,1-2,6H2;. The van der Waals surface area contributed by atoms with Crippen LogP contribution in [-0.2, 0) is 4.74 Å². The summed E-state index contributed by atoms with van der Waals surface area (Å²) in [6.07, 6.45) is -7.10. The monoisotopic (exact) mass is 354 g/mol. The summed E-state index contributed by atoms with van der Waals surface area (Å²) in [5.74, 6) is -0.661. The van der Waals surface area contributed by atoms with Gasteiger partial charge >= 0.3 is 0 Å². The van der Waals surface area contributed by atoms with Crippen molar-refractivity contribution in [3.63, 3.8) is 0 Å². The molecule has 9 heteroatoms. The average Bonchev–Trinajstić information content (AvgIpc) is 2.55. The summed E-state index contributed by atoms with van der Waals surface area (Å²) in [5.41, 5.74) is -0.0584.